The topological polar surface area (TPSA) is 44.3 Å². The summed E-state index contributed by atoms with van der Waals surface area (Å²) in [4.78, 5) is 12.9. The zero-order valence-electron chi connectivity index (χ0n) is 10.8. The van der Waals surface area contributed by atoms with E-state index in [9.17, 15) is 0 Å². The van der Waals surface area contributed by atoms with Gasteiger partial charge in [0, 0.05) is 38.9 Å². The van der Waals surface area contributed by atoms with Gasteiger partial charge in [0.05, 0.1) is 0 Å². The zero-order valence-corrected chi connectivity index (χ0v) is 10.8. The van der Waals surface area contributed by atoms with Gasteiger partial charge in [-0.15, -0.1) is 0 Å². The molecule has 0 saturated heterocycles. The van der Waals surface area contributed by atoms with Gasteiger partial charge < -0.3 is 15.1 Å². The van der Waals surface area contributed by atoms with E-state index in [1.807, 2.05) is 20.2 Å². The molecule has 1 aromatic heterocycles. The Hall–Kier alpha value is -1.36. The SMILES string of the molecule is CNc1ncc(C)c(N(C)CCN(C)C)n1. The summed E-state index contributed by atoms with van der Waals surface area (Å²) in [5.74, 6) is 1.65. The minimum atomic E-state index is 0.664. The highest BCUT2D eigenvalue weighted by Gasteiger charge is 2.08. The summed E-state index contributed by atoms with van der Waals surface area (Å²) in [5, 5.41) is 2.96. The zero-order chi connectivity index (χ0) is 12.1. The predicted molar refractivity (Wildman–Crippen MR) is 68.1 cm³/mol. The molecular weight excluding hydrogens is 202 g/mol. The fourth-order valence-electron chi connectivity index (χ4n) is 1.40. The Bertz CT molecular complexity index is 337. The molecule has 0 saturated carbocycles. The van der Waals surface area contributed by atoms with E-state index < -0.39 is 0 Å². The van der Waals surface area contributed by atoms with Crippen LogP contribution in [-0.2, 0) is 0 Å². The molecule has 0 aliphatic heterocycles. The van der Waals surface area contributed by atoms with Crippen LogP contribution in [0.3, 0.4) is 0 Å². The molecule has 5 heteroatoms. The molecule has 0 atom stereocenters. The Morgan fingerprint density at radius 2 is 1.94 bits per heavy atom. The Labute approximate surface area is 97.5 Å². The quantitative estimate of drug-likeness (QED) is 0.801. The van der Waals surface area contributed by atoms with Gasteiger partial charge in [-0.05, 0) is 21.0 Å². The van der Waals surface area contributed by atoms with Crippen molar-refractivity contribution in [2.45, 2.75) is 6.92 Å². The van der Waals surface area contributed by atoms with Crippen molar-refractivity contribution in [1.29, 1.82) is 0 Å². The number of hydrogen-bond donors (Lipinski definition) is 1. The molecule has 90 valence electrons. The van der Waals surface area contributed by atoms with Gasteiger partial charge in [-0.1, -0.05) is 0 Å². The van der Waals surface area contributed by atoms with Crippen LogP contribution in [0.4, 0.5) is 11.8 Å². The molecule has 0 bridgehead atoms. The molecule has 0 spiro atoms. The molecule has 1 rings (SSSR count). The summed E-state index contributed by atoms with van der Waals surface area (Å²) in [5.41, 5.74) is 1.10. The first-order chi connectivity index (χ1) is 7.54. The van der Waals surface area contributed by atoms with E-state index in [0.29, 0.717) is 5.95 Å². The van der Waals surface area contributed by atoms with Crippen molar-refractivity contribution < 1.29 is 0 Å². The third-order valence-electron chi connectivity index (χ3n) is 2.41. The first kappa shape index (κ1) is 12.7. The van der Waals surface area contributed by atoms with E-state index >= 15 is 0 Å². The molecule has 16 heavy (non-hydrogen) atoms. The lowest BCUT2D eigenvalue weighted by molar-refractivity contribution is 0.416. The van der Waals surface area contributed by atoms with E-state index in [1.165, 1.54) is 0 Å². The van der Waals surface area contributed by atoms with Gasteiger partial charge in [-0.2, -0.15) is 4.98 Å². The number of nitrogens with one attached hydrogen (secondary N) is 1. The number of aromatic nitrogens is 2. The number of likely N-dealkylation sites (N-methyl/N-ethyl adjacent to an activating group) is 2. The maximum absolute atomic E-state index is 4.45. The first-order valence-corrected chi connectivity index (χ1v) is 5.42. The lowest BCUT2D eigenvalue weighted by Gasteiger charge is -2.22. The van der Waals surface area contributed by atoms with Crippen LogP contribution >= 0.6 is 0 Å². The molecular formula is C11H21N5. The highest BCUT2D eigenvalue weighted by Crippen LogP contribution is 2.15. The summed E-state index contributed by atoms with van der Waals surface area (Å²) in [6, 6.07) is 0. The maximum atomic E-state index is 4.45. The van der Waals surface area contributed by atoms with Crippen LogP contribution in [0.2, 0.25) is 0 Å². The standard InChI is InChI=1S/C11H21N5/c1-9-8-13-11(12-2)14-10(9)16(5)7-6-15(3)4/h8H,6-7H2,1-5H3,(H,12,13,14). The maximum Gasteiger partial charge on any atom is 0.224 e. The summed E-state index contributed by atoms with van der Waals surface area (Å²) in [7, 11) is 8.02. The monoisotopic (exact) mass is 223 g/mol. The highest BCUT2D eigenvalue weighted by atomic mass is 15.2. The number of nitrogens with zero attached hydrogens (tertiary/aromatic N) is 4. The normalized spacial score (nSPS) is 10.6. The fourth-order valence-corrected chi connectivity index (χ4v) is 1.40. The van der Waals surface area contributed by atoms with E-state index in [0.717, 1.165) is 24.5 Å². The molecule has 0 amide bonds. The highest BCUT2D eigenvalue weighted by molar-refractivity contribution is 5.48. The van der Waals surface area contributed by atoms with Crippen LogP contribution in [0.1, 0.15) is 5.56 Å². The largest absolute Gasteiger partial charge is 0.358 e. The number of hydrogen-bond acceptors (Lipinski definition) is 5. The summed E-state index contributed by atoms with van der Waals surface area (Å²) < 4.78 is 0. The van der Waals surface area contributed by atoms with Gasteiger partial charge in [0.2, 0.25) is 5.95 Å². The van der Waals surface area contributed by atoms with Crippen molar-refractivity contribution >= 4 is 11.8 Å². The van der Waals surface area contributed by atoms with Crippen molar-refractivity contribution in [3.63, 3.8) is 0 Å². The predicted octanol–water partition coefficient (Wildman–Crippen LogP) is 0.825. The van der Waals surface area contributed by atoms with Crippen LogP contribution in [0, 0.1) is 6.92 Å². The van der Waals surface area contributed by atoms with E-state index in [1.54, 1.807) is 0 Å². The summed E-state index contributed by atoms with van der Waals surface area (Å²) >= 11 is 0. The Balaban J connectivity index is 2.76. The second-order valence-corrected chi connectivity index (χ2v) is 4.18. The van der Waals surface area contributed by atoms with Crippen LogP contribution in [0.5, 0.6) is 0 Å². The van der Waals surface area contributed by atoms with Crippen molar-refractivity contribution in [1.82, 2.24) is 14.9 Å². The molecule has 1 aromatic rings. The lowest BCUT2D eigenvalue weighted by atomic mass is 10.3. The Morgan fingerprint density at radius 1 is 1.25 bits per heavy atom. The van der Waals surface area contributed by atoms with Crippen molar-refractivity contribution in [3.8, 4) is 0 Å². The summed E-state index contributed by atoms with van der Waals surface area (Å²) in [6.45, 7) is 3.99. The van der Waals surface area contributed by atoms with Crippen LogP contribution in [0.25, 0.3) is 0 Å². The molecule has 0 aromatic carbocycles. The van der Waals surface area contributed by atoms with Gasteiger partial charge >= 0.3 is 0 Å². The van der Waals surface area contributed by atoms with Crippen LogP contribution in [-0.4, -0.2) is 56.1 Å². The molecule has 0 fully saturated rings. The molecule has 5 nitrogen and oxygen atoms in total. The summed E-state index contributed by atoms with van der Waals surface area (Å²) in [6.07, 6.45) is 1.85. The minimum absolute atomic E-state index is 0.664. The van der Waals surface area contributed by atoms with E-state index in [2.05, 4.69) is 46.2 Å². The van der Waals surface area contributed by atoms with Crippen molar-refractivity contribution in [3.05, 3.63) is 11.8 Å². The van der Waals surface area contributed by atoms with Crippen LogP contribution < -0.4 is 10.2 Å². The number of aryl methyl sites for hydroxylation is 1. The minimum Gasteiger partial charge on any atom is -0.358 e. The smallest absolute Gasteiger partial charge is 0.224 e. The van der Waals surface area contributed by atoms with Crippen molar-refractivity contribution in [2.24, 2.45) is 0 Å². The third kappa shape index (κ3) is 3.34. The van der Waals surface area contributed by atoms with Crippen molar-refractivity contribution in [2.75, 3.05) is 51.5 Å². The van der Waals surface area contributed by atoms with Gasteiger partial charge in [-0.3, -0.25) is 0 Å². The Morgan fingerprint density at radius 3 is 2.50 bits per heavy atom. The van der Waals surface area contributed by atoms with Crippen LogP contribution in [0.15, 0.2) is 6.20 Å². The molecule has 1 heterocycles. The second-order valence-electron chi connectivity index (χ2n) is 4.18. The second kappa shape index (κ2) is 5.65. The molecule has 0 aliphatic rings. The number of anilines is 2. The first-order valence-electron chi connectivity index (χ1n) is 5.42. The van der Waals surface area contributed by atoms with Gasteiger partial charge in [0.15, 0.2) is 0 Å². The molecule has 0 unspecified atom stereocenters. The Kier molecular flexibility index (Phi) is 4.49. The third-order valence-corrected chi connectivity index (χ3v) is 2.41. The molecule has 0 aliphatic carbocycles. The van der Waals surface area contributed by atoms with E-state index in [-0.39, 0.29) is 0 Å². The average molecular weight is 223 g/mol. The number of rotatable bonds is 5. The van der Waals surface area contributed by atoms with Gasteiger partial charge in [0.1, 0.15) is 5.82 Å². The fraction of sp³-hybridized carbons (Fsp3) is 0.636. The van der Waals surface area contributed by atoms with Gasteiger partial charge in [-0.25, -0.2) is 4.98 Å². The molecule has 0 radical (unpaired) electrons. The van der Waals surface area contributed by atoms with Gasteiger partial charge in [0.25, 0.3) is 0 Å². The average Bonchev–Trinajstić information content (AvgIpc) is 2.26. The van der Waals surface area contributed by atoms with E-state index in [4.69, 9.17) is 0 Å². The molecule has 1 N–H and O–H groups in total. The lowest BCUT2D eigenvalue weighted by Crippen LogP contribution is -2.29.